The standard InChI is InChI=1S/C8H9BrF2N2O3S/c9-5-1-6(3-12-2-5)17(15,16)13-4-7(14)8(10)11/h1-3,7-8,13-14H,4H2. The quantitative estimate of drug-likeness (QED) is 0.835. The van der Waals surface area contributed by atoms with Gasteiger partial charge in [0, 0.05) is 23.4 Å². The highest BCUT2D eigenvalue weighted by Gasteiger charge is 2.21. The predicted molar refractivity (Wildman–Crippen MR) is 59.1 cm³/mol. The Hall–Kier alpha value is -0.640. The molecule has 0 aliphatic heterocycles. The number of alkyl halides is 2. The van der Waals surface area contributed by atoms with Crippen molar-refractivity contribution in [2.75, 3.05) is 6.54 Å². The van der Waals surface area contributed by atoms with Crippen LogP contribution in [-0.2, 0) is 10.0 Å². The van der Waals surface area contributed by atoms with Gasteiger partial charge >= 0.3 is 0 Å². The Bertz CT molecular complexity index is 483. The molecule has 0 radical (unpaired) electrons. The van der Waals surface area contributed by atoms with Gasteiger partial charge in [-0.1, -0.05) is 0 Å². The first-order valence-electron chi connectivity index (χ1n) is 4.39. The average Bonchev–Trinajstić information content (AvgIpc) is 2.26. The molecule has 1 rings (SSSR count). The second kappa shape index (κ2) is 5.80. The van der Waals surface area contributed by atoms with E-state index in [1.54, 1.807) is 0 Å². The summed E-state index contributed by atoms with van der Waals surface area (Å²) >= 11 is 3.03. The highest BCUT2D eigenvalue weighted by Crippen LogP contribution is 2.14. The third-order valence-corrected chi connectivity index (χ3v) is 3.59. The smallest absolute Gasteiger partial charge is 0.265 e. The van der Waals surface area contributed by atoms with Crippen LogP contribution in [0, 0.1) is 0 Å². The number of nitrogens with one attached hydrogen (secondary N) is 1. The van der Waals surface area contributed by atoms with E-state index in [4.69, 9.17) is 5.11 Å². The van der Waals surface area contributed by atoms with Crippen molar-refractivity contribution in [1.82, 2.24) is 9.71 Å². The fourth-order valence-electron chi connectivity index (χ4n) is 0.907. The number of sulfonamides is 1. The van der Waals surface area contributed by atoms with Crippen LogP contribution in [0.5, 0.6) is 0 Å². The van der Waals surface area contributed by atoms with Gasteiger partial charge in [-0.2, -0.15) is 0 Å². The van der Waals surface area contributed by atoms with Crippen molar-refractivity contribution in [3.63, 3.8) is 0 Å². The van der Waals surface area contributed by atoms with Gasteiger partial charge in [0.25, 0.3) is 6.43 Å². The number of aromatic nitrogens is 1. The Morgan fingerprint density at radius 2 is 2.12 bits per heavy atom. The molecule has 0 saturated carbocycles. The number of hydrogen-bond acceptors (Lipinski definition) is 4. The zero-order valence-corrected chi connectivity index (χ0v) is 10.7. The number of halogens is 3. The highest BCUT2D eigenvalue weighted by atomic mass is 79.9. The Morgan fingerprint density at radius 3 is 2.65 bits per heavy atom. The van der Waals surface area contributed by atoms with Crippen LogP contribution in [0.4, 0.5) is 8.78 Å². The molecule has 0 spiro atoms. The lowest BCUT2D eigenvalue weighted by atomic mass is 10.4. The Labute approximate surface area is 105 Å². The summed E-state index contributed by atoms with van der Waals surface area (Å²) in [6.45, 7) is -0.757. The fourth-order valence-corrected chi connectivity index (χ4v) is 2.46. The maximum atomic E-state index is 12.0. The van der Waals surface area contributed by atoms with E-state index < -0.39 is 29.1 Å². The molecule has 0 bridgehead atoms. The summed E-state index contributed by atoms with van der Waals surface area (Å²) in [4.78, 5) is 3.46. The van der Waals surface area contributed by atoms with Gasteiger partial charge in [0.1, 0.15) is 11.0 Å². The molecule has 96 valence electrons. The van der Waals surface area contributed by atoms with E-state index in [1.807, 2.05) is 4.72 Å². The van der Waals surface area contributed by atoms with Crippen molar-refractivity contribution in [2.24, 2.45) is 0 Å². The van der Waals surface area contributed by atoms with Crippen molar-refractivity contribution >= 4 is 26.0 Å². The minimum atomic E-state index is -3.95. The Balaban J connectivity index is 2.76. The Kier molecular flexibility index (Phi) is 4.92. The number of pyridine rings is 1. The molecule has 5 nitrogen and oxygen atoms in total. The van der Waals surface area contributed by atoms with Gasteiger partial charge in [0.2, 0.25) is 10.0 Å². The van der Waals surface area contributed by atoms with Crippen LogP contribution in [0.3, 0.4) is 0 Å². The van der Waals surface area contributed by atoms with Crippen molar-refractivity contribution in [3.8, 4) is 0 Å². The molecule has 9 heteroatoms. The largest absolute Gasteiger partial charge is 0.386 e. The number of aliphatic hydroxyl groups excluding tert-OH is 1. The zero-order chi connectivity index (χ0) is 13.1. The molecule has 0 amide bonds. The maximum Gasteiger partial charge on any atom is 0.265 e. The fraction of sp³-hybridized carbons (Fsp3) is 0.375. The van der Waals surface area contributed by atoms with E-state index in [9.17, 15) is 17.2 Å². The maximum absolute atomic E-state index is 12.0. The first kappa shape index (κ1) is 14.4. The molecule has 1 atom stereocenters. The van der Waals surface area contributed by atoms with Gasteiger partial charge in [-0.3, -0.25) is 4.98 Å². The van der Waals surface area contributed by atoms with Crippen molar-refractivity contribution in [3.05, 3.63) is 22.9 Å². The second-order valence-corrected chi connectivity index (χ2v) is 5.78. The lowest BCUT2D eigenvalue weighted by Gasteiger charge is -2.11. The van der Waals surface area contributed by atoms with E-state index in [-0.39, 0.29) is 4.90 Å². The molecule has 2 N–H and O–H groups in total. The van der Waals surface area contributed by atoms with Gasteiger partial charge in [-0.15, -0.1) is 0 Å². The molecule has 1 aromatic heterocycles. The number of aliphatic hydroxyl groups is 1. The minimum absolute atomic E-state index is 0.173. The summed E-state index contributed by atoms with van der Waals surface area (Å²) < 4.78 is 49.4. The zero-order valence-electron chi connectivity index (χ0n) is 8.35. The van der Waals surface area contributed by atoms with Gasteiger partial charge in [0.05, 0.1) is 0 Å². The van der Waals surface area contributed by atoms with Crippen molar-refractivity contribution in [2.45, 2.75) is 17.4 Å². The number of hydrogen-bond donors (Lipinski definition) is 2. The highest BCUT2D eigenvalue weighted by molar-refractivity contribution is 9.10. The lowest BCUT2D eigenvalue weighted by Crippen LogP contribution is -2.35. The van der Waals surface area contributed by atoms with Crippen molar-refractivity contribution < 1.29 is 22.3 Å². The molecule has 0 aromatic carbocycles. The summed E-state index contributed by atoms with van der Waals surface area (Å²) in [5, 5.41) is 8.79. The summed E-state index contributed by atoms with van der Waals surface area (Å²) in [7, 11) is -3.95. The van der Waals surface area contributed by atoms with Crippen LogP contribution >= 0.6 is 15.9 Å². The van der Waals surface area contributed by atoms with E-state index in [0.29, 0.717) is 4.47 Å². The normalized spacial score (nSPS) is 13.9. The third kappa shape index (κ3) is 4.26. The van der Waals surface area contributed by atoms with E-state index >= 15 is 0 Å². The minimum Gasteiger partial charge on any atom is -0.386 e. The van der Waals surface area contributed by atoms with Crippen LogP contribution in [0.15, 0.2) is 27.8 Å². The molecule has 1 heterocycles. The Morgan fingerprint density at radius 1 is 1.47 bits per heavy atom. The molecule has 0 saturated heterocycles. The van der Waals surface area contributed by atoms with E-state index in [1.165, 1.54) is 12.3 Å². The van der Waals surface area contributed by atoms with Gasteiger partial charge in [-0.05, 0) is 22.0 Å². The molecule has 0 aliphatic carbocycles. The molecular formula is C8H9BrF2N2O3S. The predicted octanol–water partition coefficient (Wildman–Crippen LogP) is 0.748. The summed E-state index contributed by atoms with van der Waals surface area (Å²) in [5.74, 6) is 0. The summed E-state index contributed by atoms with van der Waals surface area (Å²) in [6.07, 6.45) is -2.59. The molecule has 0 aliphatic rings. The summed E-state index contributed by atoms with van der Waals surface area (Å²) in [5.41, 5.74) is 0. The first-order valence-corrected chi connectivity index (χ1v) is 6.67. The van der Waals surface area contributed by atoms with E-state index in [2.05, 4.69) is 20.9 Å². The lowest BCUT2D eigenvalue weighted by molar-refractivity contribution is -0.000452. The molecular weight excluding hydrogens is 322 g/mol. The molecule has 1 unspecified atom stereocenters. The molecule has 17 heavy (non-hydrogen) atoms. The third-order valence-electron chi connectivity index (χ3n) is 1.76. The summed E-state index contributed by atoms with van der Waals surface area (Å²) in [6, 6.07) is 1.27. The SMILES string of the molecule is O=S(=O)(NCC(O)C(F)F)c1cncc(Br)c1. The molecule has 0 fully saturated rings. The molecule has 1 aromatic rings. The second-order valence-electron chi connectivity index (χ2n) is 3.09. The van der Waals surface area contributed by atoms with Crippen molar-refractivity contribution in [1.29, 1.82) is 0 Å². The van der Waals surface area contributed by atoms with E-state index in [0.717, 1.165) is 6.20 Å². The van der Waals surface area contributed by atoms with Crippen LogP contribution in [-0.4, -0.2) is 37.6 Å². The van der Waals surface area contributed by atoms with Gasteiger partial charge in [0.15, 0.2) is 0 Å². The van der Waals surface area contributed by atoms with Gasteiger partial charge < -0.3 is 5.11 Å². The average molecular weight is 331 g/mol. The number of rotatable bonds is 5. The van der Waals surface area contributed by atoms with Crippen LogP contribution < -0.4 is 4.72 Å². The van der Waals surface area contributed by atoms with Crippen LogP contribution in [0.1, 0.15) is 0 Å². The van der Waals surface area contributed by atoms with Gasteiger partial charge in [-0.25, -0.2) is 21.9 Å². The van der Waals surface area contributed by atoms with Crippen LogP contribution in [0.25, 0.3) is 0 Å². The monoisotopic (exact) mass is 330 g/mol. The van der Waals surface area contributed by atoms with Crippen LogP contribution in [0.2, 0.25) is 0 Å². The topological polar surface area (TPSA) is 79.3 Å². The number of nitrogens with zero attached hydrogens (tertiary/aromatic N) is 1. The first-order chi connectivity index (χ1) is 7.83.